The summed E-state index contributed by atoms with van der Waals surface area (Å²) < 4.78 is 0. The van der Waals surface area contributed by atoms with Gasteiger partial charge in [0.15, 0.2) is 11.6 Å². The highest BCUT2D eigenvalue weighted by molar-refractivity contribution is 5.90. The number of aryl methyl sites for hydroxylation is 2. The number of hydrogen-bond acceptors (Lipinski definition) is 4. The average molecular weight is 151 g/mol. The minimum Gasteiger partial charge on any atom is -0.291 e. The van der Waals surface area contributed by atoms with Crippen molar-refractivity contribution in [1.82, 2.24) is 15.0 Å². The molecule has 0 spiro atoms. The lowest BCUT2D eigenvalue weighted by molar-refractivity contribution is 0.100. The topological polar surface area (TPSA) is 55.7 Å². The van der Waals surface area contributed by atoms with E-state index in [0.29, 0.717) is 11.6 Å². The molecule has 0 aromatic carbocycles. The Hall–Kier alpha value is -1.32. The number of carbonyl (C=O) groups excluding carboxylic acids is 1. The minimum absolute atomic E-state index is 0.126. The van der Waals surface area contributed by atoms with Gasteiger partial charge in [-0.2, -0.15) is 0 Å². The van der Waals surface area contributed by atoms with E-state index in [2.05, 4.69) is 15.0 Å². The first-order chi connectivity index (χ1) is 5.09. The van der Waals surface area contributed by atoms with Gasteiger partial charge in [-0.25, -0.2) is 15.0 Å². The molecule has 1 rings (SSSR count). The fourth-order valence-electron chi connectivity index (χ4n) is 0.773. The average Bonchev–Trinajstić information content (AvgIpc) is 1.85. The molecule has 0 bridgehead atoms. The third-order valence-corrected chi connectivity index (χ3v) is 1.17. The van der Waals surface area contributed by atoms with E-state index in [1.54, 1.807) is 13.8 Å². The number of Topliss-reactive ketones (excluding diaryl/α,β-unsaturated/α-hetero) is 1. The first kappa shape index (κ1) is 7.78. The molecule has 0 saturated carbocycles. The molecule has 0 N–H and O–H groups in total. The second-order valence-electron chi connectivity index (χ2n) is 2.31. The smallest absolute Gasteiger partial charge is 0.199 e. The summed E-state index contributed by atoms with van der Waals surface area (Å²) in [7, 11) is 0. The van der Waals surface area contributed by atoms with Crippen LogP contribution in [0.5, 0.6) is 0 Å². The van der Waals surface area contributed by atoms with Gasteiger partial charge in [0, 0.05) is 6.92 Å². The zero-order valence-corrected chi connectivity index (χ0v) is 6.75. The van der Waals surface area contributed by atoms with Crippen LogP contribution in [0.4, 0.5) is 0 Å². The van der Waals surface area contributed by atoms with Crippen molar-refractivity contribution in [3.05, 3.63) is 17.5 Å². The second kappa shape index (κ2) is 2.74. The van der Waals surface area contributed by atoms with Gasteiger partial charge in [0.05, 0.1) is 0 Å². The van der Waals surface area contributed by atoms with Crippen LogP contribution in [0.2, 0.25) is 0 Å². The fourth-order valence-corrected chi connectivity index (χ4v) is 0.773. The summed E-state index contributed by atoms with van der Waals surface area (Å²) in [6.45, 7) is 4.91. The van der Waals surface area contributed by atoms with Crippen molar-refractivity contribution < 1.29 is 4.79 Å². The lowest BCUT2D eigenvalue weighted by Gasteiger charge is -1.96. The van der Waals surface area contributed by atoms with Crippen LogP contribution in [0, 0.1) is 13.8 Å². The third-order valence-electron chi connectivity index (χ3n) is 1.17. The van der Waals surface area contributed by atoms with E-state index in [9.17, 15) is 4.79 Å². The van der Waals surface area contributed by atoms with E-state index >= 15 is 0 Å². The molecule has 1 aromatic rings. The monoisotopic (exact) mass is 151 g/mol. The van der Waals surface area contributed by atoms with Crippen LogP contribution in [-0.2, 0) is 0 Å². The van der Waals surface area contributed by atoms with Gasteiger partial charge in [-0.3, -0.25) is 4.79 Å². The summed E-state index contributed by atoms with van der Waals surface area (Å²) in [6.07, 6.45) is 0. The van der Waals surface area contributed by atoms with Crippen LogP contribution in [-0.4, -0.2) is 20.7 Å². The van der Waals surface area contributed by atoms with Gasteiger partial charge in [0.25, 0.3) is 0 Å². The summed E-state index contributed by atoms with van der Waals surface area (Å²) in [5, 5.41) is 0. The largest absolute Gasteiger partial charge is 0.291 e. The van der Waals surface area contributed by atoms with Gasteiger partial charge in [-0.05, 0) is 13.8 Å². The highest BCUT2D eigenvalue weighted by atomic mass is 16.1. The number of nitrogens with zero attached hydrogens (tertiary/aromatic N) is 3. The summed E-state index contributed by atoms with van der Waals surface area (Å²) in [4.78, 5) is 22.5. The van der Waals surface area contributed by atoms with Gasteiger partial charge in [-0.1, -0.05) is 0 Å². The van der Waals surface area contributed by atoms with E-state index in [0.717, 1.165) is 0 Å². The molecule has 0 fully saturated rings. The summed E-state index contributed by atoms with van der Waals surface area (Å²) in [5.74, 6) is 1.29. The molecule has 4 heteroatoms. The number of carbonyl (C=O) groups is 1. The number of aromatic nitrogens is 3. The molecule has 1 heterocycles. The Morgan fingerprint density at radius 2 is 1.55 bits per heavy atom. The predicted octanol–water partition coefficient (Wildman–Crippen LogP) is 0.691. The quantitative estimate of drug-likeness (QED) is 0.554. The molecule has 4 nitrogen and oxygen atoms in total. The Bertz CT molecular complexity index is 275. The van der Waals surface area contributed by atoms with Crippen molar-refractivity contribution >= 4 is 5.78 Å². The molecule has 0 aliphatic heterocycles. The highest BCUT2D eigenvalue weighted by Gasteiger charge is 2.03. The van der Waals surface area contributed by atoms with E-state index in [1.807, 2.05) is 0 Å². The molecule has 58 valence electrons. The van der Waals surface area contributed by atoms with Gasteiger partial charge in [0.2, 0.25) is 0 Å². The molecule has 0 saturated heterocycles. The first-order valence-corrected chi connectivity index (χ1v) is 3.30. The predicted molar refractivity (Wildman–Crippen MR) is 39.3 cm³/mol. The van der Waals surface area contributed by atoms with Gasteiger partial charge in [0.1, 0.15) is 11.6 Å². The Balaban J connectivity index is 3.19. The Morgan fingerprint density at radius 3 is 1.91 bits per heavy atom. The first-order valence-electron chi connectivity index (χ1n) is 3.30. The van der Waals surface area contributed by atoms with Crippen molar-refractivity contribution in [2.24, 2.45) is 0 Å². The maximum Gasteiger partial charge on any atom is 0.199 e. The lowest BCUT2D eigenvalue weighted by Crippen LogP contribution is -2.06. The Kier molecular flexibility index (Phi) is 1.94. The molecule has 0 atom stereocenters. The summed E-state index contributed by atoms with van der Waals surface area (Å²) in [5.41, 5.74) is 0. The molecule has 1 aromatic heterocycles. The van der Waals surface area contributed by atoms with Crippen LogP contribution in [0.1, 0.15) is 29.2 Å². The van der Waals surface area contributed by atoms with E-state index in [-0.39, 0.29) is 11.6 Å². The van der Waals surface area contributed by atoms with Gasteiger partial charge >= 0.3 is 0 Å². The molecule has 11 heavy (non-hydrogen) atoms. The molecular formula is C7H9N3O. The molecule has 0 radical (unpaired) electrons. The maximum atomic E-state index is 10.8. The van der Waals surface area contributed by atoms with Crippen LogP contribution >= 0.6 is 0 Å². The molecule has 0 aliphatic rings. The number of hydrogen-bond donors (Lipinski definition) is 0. The van der Waals surface area contributed by atoms with Crippen molar-refractivity contribution in [3.8, 4) is 0 Å². The van der Waals surface area contributed by atoms with E-state index < -0.39 is 0 Å². The second-order valence-corrected chi connectivity index (χ2v) is 2.31. The lowest BCUT2D eigenvalue weighted by atomic mass is 10.4. The molecule has 0 unspecified atom stereocenters. The van der Waals surface area contributed by atoms with Crippen LogP contribution in [0.3, 0.4) is 0 Å². The normalized spacial score (nSPS) is 9.73. The van der Waals surface area contributed by atoms with Crippen molar-refractivity contribution in [2.45, 2.75) is 20.8 Å². The summed E-state index contributed by atoms with van der Waals surface area (Å²) in [6, 6.07) is 0. The van der Waals surface area contributed by atoms with E-state index in [1.165, 1.54) is 6.92 Å². The fraction of sp³-hybridized carbons (Fsp3) is 0.429. The van der Waals surface area contributed by atoms with Crippen LogP contribution in [0.15, 0.2) is 0 Å². The Morgan fingerprint density at radius 1 is 1.09 bits per heavy atom. The van der Waals surface area contributed by atoms with E-state index in [4.69, 9.17) is 0 Å². The maximum absolute atomic E-state index is 10.8. The zero-order chi connectivity index (χ0) is 8.43. The summed E-state index contributed by atoms with van der Waals surface area (Å²) >= 11 is 0. The number of ketones is 1. The number of rotatable bonds is 1. The standard InChI is InChI=1S/C7H9N3O/c1-4(11)7-9-5(2)8-6(3)10-7/h1-3H3. The van der Waals surface area contributed by atoms with Gasteiger partial charge in [-0.15, -0.1) is 0 Å². The van der Waals surface area contributed by atoms with Gasteiger partial charge < -0.3 is 0 Å². The van der Waals surface area contributed by atoms with Crippen molar-refractivity contribution in [3.63, 3.8) is 0 Å². The third kappa shape index (κ3) is 1.80. The SMILES string of the molecule is CC(=O)c1nc(C)nc(C)n1. The highest BCUT2D eigenvalue weighted by Crippen LogP contribution is 1.94. The molecular weight excluding hydrogens is 142 g/mol. The van der Waals surface area contributed by atoms with Crippen molar-refractivity contribution in [1.29, 1.82) is 0 Å². The zero-order valence-electron chi connectivity index (χ0n) is 6.75. The van der Waals surface area contributed by atoms with Crippen molar-refractivity contribution in [2.75, 3.05) is 0 Å². The van der Waals surface area contributed by atoms with Crippen LogP contribution in [0.25, 0.3) is 0 Å². The molecule has 0 aliphatic carbocycles. The minimum atomic E-state index is -0.126. The molecule has 0 amide bonds. The Labute approximate surface area is 64.7 Å². The van der Waals surface area contributed by atoms with Crippen LogP contribution < -0.4 is 0 Å².